The van der Waals surface area contributed by atoms with E-state index in [2.05, 4.69) is 15.6 Å². The minimum absolute atomic E-state index is 0.396. The summed E-state index contributed by atoms with van der Waals surface area (Å²) in [4.78, 5) is 16.5. The van der Waals surface area contributed by atoms with Gasteiger partial charge in [-0.1, -0.05) is 22.9 Å². The number of carbonyl (C=O) groups excluding carboxylic acids is 1. The van der Waals surface area contributed by atoms with Crippen molar-refractivity contribution in [2.24, 2.45) is 0 Å². The van der Waals surface area contributed by atoms with Crippen LogP contribution in [0.3, 0.4) is 0 Å². The molecule has 0 fully saturated rings. The van der Waals surface area contributed by atoms with E-state index in [-0.39, 0.29) is 0 Å². The van der Waals surface area contributed by atoms with Crippen molar-refractivity contribution in [2.45, 2.75) is 0 Å². The largest absolute Gasteiger partial charge is 0.493 e. The average Bonchev–Trinajstić information content (AvgIpc) is 2.95. The number of rotatable bonds is 4. The monoisotopic (exact) mass is 363 g/mol. The molecule has 8 heteroatoms. The number of urea groups is 1. The van der Waals surface area contributed by atoms with Crippen molar-refractivity contribution < 1.29 is 14.3 Å². The topological polar surface area (TPSA) is 72.5 Å². The first-order valence-corrected chi connectivity index (χ1v) is 8.14. The average molecular weight is 364 g/mol. The van der Waals surface area contributed by atoms with Crippen molar-refractivity contribution >= 4 is 50.0 Å². The first-order chi connectivity index (χ1) is 11.6. The number of aromatic nitrogens is 1. The Labute approximate surface area is 147 Å². The van der Waals surface area contributed by atoms with Crippen LogP contribution >= 0.6 is 22.9 Å². The molecule has 0 saturated heterocycles. The second-order valence-corrected chi connectivity index (χ2v) is 6.25. The second kappa shape index (κ2) is 6.94. The highest BCUT2D eigenvalue weighted by molar-refractivity contribution is 7.22. The summed E-state index contributed by atoms with van der Waals surface area (Å²) in [7, 11) is 3.09. The first kappa shape index (κ1) is 16.4. The zero-order chi connectivity index (χ0) is 17.1. The van der Waals surface area contributed by atoms with Gasteiger partial charge < -0.3 is 14.8 Å². The molecule has 0 unspecified atom stereocenters. The van der Waals surface area contributed by atoms with Crippen LogP contribution in [0.4, 0.5) is 15.6 Å². The summed E-state index contributed by atoms with van der Waals surface area (Å²) >= 11 is 7.30. The predicted octanol–water partition coefficient (Wildman–Crippen LogP) is 4.61. The Morgan fingerprint density at radius 3 is 2.62 bits per heavy atom. The molecule has 124 valence electrons. The van der Waals surface area contributed by atoms with Gasteiger partial charge in [-0.2, -0.15) is 0 Å². The standard InChI is InChI=1S/C16H14ClN3O3S/c1-22-12-6-4-10(8-13(12)23-2)18-15(21)20-16-19-11-5-3-9(17)7-14(11)24-16/h3-8H,1-2H3,(H2,18,19,20,21). The third-order valence-electron chi connectivity index (χ3n) is 3.21. The van der Waals surface area contributed by atoms with Crippen molar-refractivity contribution in [3.05, 3.63) is 41.4 Å². The molecule has 0 aliphatic rings. The number of benzene rings is 2. The Balaban J connectivity index is 1.72. The Morgan fingerprint density at radius 1 is 1.08 bits per heavy atom. The van der Waals surface area contributed by atoms with E-state index in [4.69, 9.17) is 21.1 Å². The fourth-order valence-corrected chi connectivity index (χ4v) is 3.26. The summed E-state index contributed by atoms with van der Waals surface area (Å²) in [5.41, 5.74) is 1.36. The number of nitrogens with one attached hydrogen (secondary N) is 2. The van der Waals surface area contributed by atoms with Gasteiger partial charge in [-0.05, 0) is 30.3 Å². The molecule has 6 nitrogen and oxygen atoms in total. The molecule has 0 aliphatic carbocycles. The van der Waals surface area contributed by atoms with Gasteiger partial charge >= 0.3 is 6.03 Å². The normalized spacial score (nSPS) is 10.5. The molecule has 2 aromatic carbocycles. The molecule has 0 radical (unpaired) electrons. The maximum Gasteiger partial charge on any atom is 0.325 e. The van der Waals surface area contributed by atoms with Gasteiger partial charge in [-0.25, -0.2) is 9.78 Å². The van der Waals surface area contributed by atoms with E-state index < -0.39 is 6.03 Å². The number of hydrogen-bond donors (Lipinski definition) is 2. The van der Waals surface area contributed by atoms with E-state index in [0.29, 0.717) is 27.3 Å². The minimum Gasteiger partial charge on any atom is -0.493 e. The Bertz CT molecular complexity index is 897. The molecule has 0 spiro atoms. The molecule has 2 N–H and O–H groups in total. The van der Waals surface area contributed by atoms with Gasteiger partial charge in [0.05, 0.1) is 24.4 Å². The SMILES string of the molecule is COc1ccc(NC(=O)Nc2nc3ccc(Cl)cc3s2)cc1OC. The smallest absolute Gasteiger partial charge is 0.325 e. The van der Waals surface area contributed by atoms with Gasteiger partial charge in [0, 0.05) is 16.8 Å². The van der Waals surface area contributed by atoms with Crippen LogP contribution in [-0.2, 0) is 0 Å². The first-order valence-electron chi connectivity index (χ1n) is 6.95. The lowest BCUT2D eigenvalue weighted by Gasteiger charge is -2.10. The van der Waals surface area contributed by atoms with Gasteiger partial charge in [0.2, 0.25) is 0 Å². The molecule has 2 amide bonds. The molecule has 24 heavy (non-hydrogen) atoms. The van der Waals surface area contributed by atoms with Crippen molar-refractivity contribution in [3.63, 3.8) is 0 Å². The number of halogens is 1. The number of thiazole rings is 1. The van der Waals surface area contributed by atoms with Crippen LogP contribution in [0.1, 0.15) is 0 Å². The van der Waals surface area contributed by atoms with E-state index in [0.717, 1.165) is 10.2 Å². The van der Waals surface area contributed by atoms with Crippen molar-refractivity contribution in [1.29, 1.82) is 0 Å². The number of anilines is 2. The summed E-state index contributed by atoms with van der Waals surface area (Å²) in [5, 5.41) is 6.56. The molecule has 0 saturated carbocycles. The Hall–Kier alpha value is -2.51. The number of ether oxygens (including phenoxy) is 2. The van der Waals surface area contributed by atoms with Crippen LogP contribution in [0.2, 0.25) is 5.02 Å². The quantitative estimate of drug-likeness (QED) is 0.709. The third-order valence-corrected chi connectivity index (χ3v) is 4.38. The molecule has 3 rings (SSSR count). The van der Waals surface area contributed by atoms with Crippen LogP contribution in [0.15, 0.2) is 36.4 Å². The molecule has 0 bridgehead atoms. The summed E-state index contributed by atoms with van der Waals surface area (Å²) in [6, 6.07) is 10.1. The van der Waals surface area contributed by atoms with Gasteiger partial charge in [0.1, 0.15) is 0 Å². The van der Waals surface area contributed by atoms with Crippen LogP contribution in [0, 0.1) is 0 Å². The second-order valence-electron chi connectivity index (χ2n) is 4.78. The van der Waals surface area contributed by atoms with Gasteiger partial charge in [0.15, 0.2) is 16.6 Å². The number of carbonyl (C=O) groups is 1. The van der Waals surface area contributed by atoms with E-state index in [1.165, 1.54) is 18.4 Å². The maximum atomic E-state index is 12.1. The highest BCUT2D eigenvalue weighted by Crippen LogP contribution is 2.30. The summed E-state index contributed by atoms with van der Waals surface area (Å²) in [6.45, 7) is 0. The van der Waals surface area contributed by atoms with Crippen molar-refractivity contribution in [1.82, 2.24) is 4.98 Å². The lowest BCUT2D eigenvalue weighted by Crippen LogP contribution is -2.19. The number of nitrogens with zero attached hydrogens (tertiary/aromatic N) is 1. The van der Waals surface area contributed by atoms with Crippen LogP contribution in [0.25, 0.3) is 10.2 Å². The maximum absolute atomic E-state index is 12.1. The van der Waals surface area contributed by atoms with E-state index in [1.54, 1.807) is 31.4 Å². The third kappa shape index (κ3) is 3.52. The minimum atomic E-state index is -0.396. The van der Waals surface area contributed by atoms with Gasteiger partial charge in [0.25, 0.3) is 0 Å². The summed E-state index contributed by atoms with van der Waals surface area (Å²) in [5.74, 6) is 1.12. The number of hydrogen-bond acceptors (Lipinski definition) is 5. The van der Waals surface area contributed by atoms with Crippen molar-refractivity contribution in [3.8, 4) is 11.5 Å². The molecular weight excluding hydrogens is 350 g/mol. The fraction of sp³-hybridized carbons (Fsp3) is 0.125. The Kier molecular flexibility index (Phi) is 4.73. The summed E-state index contributed by atoms with van der Waals surface area (Å²) in [6.07, 6.45) is 0. The highest BCUT2D eigenvalue weighted by atomic mass is 35.5. The zero-order valence-electron chi connectivity index (χ0n) is 12.9. The molecular formula is C16H14ClN3O3S. The lowest BCUT2D eigenvalue weighted by molar-refractivity contribution is 0.262. The molecule has 0 aliphatic heterocycles. The van der Waals surface area contributed by atoms with E-state index >= 15 is 0 Å². The molecule has 3 aromatic rings. The van der Waals surface area contributed by atoms with Gasteiger partial charge in [-0.15, -0.1) is 0 Å². The van der Waals surface area contributed by atoms with Crippen LogP contribution in [-0.4, -0.2) is 25.2 Å². The number of fused-ring (bicyclic) bond motifs is 1. The number of methoxy groups -OCH3 is 2. The number of amides is 2. The van der Waals surface area contributed by atoms with Crippen LogP contribution in [0.5, 0.6) is 11.5 Å². The summed E-state index contributed by atoms with van der Waals surface area (Å²) < 4.78 is 11.3. The Morgan fingerprint density at radius 2 is 1.88 bits per heavy atom. The molecule has 0 atom stereocenters. The zero-order valence-corrected chi connectivity index (χ0v) is 14.5. The highest BCUT2D eigenvalue weighted by Gasteiger charge is 2.10. The van der Waals surface area contributed by atoms with E-state index in [1.807, 2.05) is 12.1 Å². The van der Waals surface area contributed by atoms with Crippen LogP contribution < -0.4 is 20.1 Å². The van der Waals surface area contributed by atoms with Gasteiger partial charge in [-0.3, -0.25) is 5.32 Å². The molecule has 1 heterocycles. The van der Waals surface area contributed by atoms with E-state index in [9.17, 15) is 4.79 Å². The molecule has 1 aromatic heterocycles. The van der Waals surface area contributed by atoms with Crippen molar-refractivity contribution in [2.75, 3.05) is 24.9 Å². The predicted molar refractivity (Wildman–Crippen MR) is 96.8 cm³/mol. The lowest BCUT2D eigenvalue weighted by atomic mass is 10.3. The fourth-order valence-electron chi connectivity index (χ4n) is 2.13.